The summed E-state index contributed by atoms with van der Waals surface area (Å²) in [5.74, 6) is -1.66. The SMILES string of the molecule is CC(=O)Nc1ccc(NC(=O)C(=O)NC[C@@H](c2cccnc2)N2CCc3ccccc32)cc1. The van der Waals surface area contributed by atoms with E-state index in [0.29, 0.717) is 11.4 Å². The lowest BCUT2D eigenvalue weighted by molar-refractivity contribution is -0.136. The molecule has 0 saturated heterocycles. The molecule has 0 saturated carbocycles. The number of carbonyl (C=O) groups is 3. The van der Waals surface area contributed by atoms with Gasteiger partial charge in [-0.2, -0.15) is 0 Å². The van der Waals surface area contributed by atoms with Gasteiger partial charge in [0.2, 0.25) is 5.91 Å². The maximum atomic E-state index is 12.5. The lowest BCUT2D eigenvalue weighted by atomic mass is 10.1. The van der Waals surface area contributed by atoms with Crippen molar-refractivity contribution in [1.82, 2.24) is 10.3 Å². The Hall–Kier alpha value is -4.20. The molecule has 168 valence electrons. The first-order valence-corrected chi connectivity index (χ1v) is 10.7. The molecule has 33 heavy (non-hydrogen) atoms. The Bertz CT molecular complexity index is 1150. The van der Waals surface area contributed by atoms with Crippen LogP contribution < -0.4 is 20.9 Å². The van der Waals surface area contributed by atoms with E-state index in [-0.39, 0.29) is 18.5 Å². The molecule has 8 heteroatoms. The second-order valence-electron chi connectivity index (χ2n) is 7.80. The summed E-state index contributed by atoms with van der Waals surface area (Å²) < 4.78 is 0. The Morgan fingerprint density at radius 1 is 0.939 bits per heavy atom. The number of aromatic nitrogens is 1. The third-order valence-electron chi connectivity index (χ3n) is 5.49. The van der Waals surface area contributed by atoms with Crippen LogP contribution in [0, 0.1) is 0 Å². The predicted molar refractivity (Wildman–Crippen MR) is 127 cm³/mol. The van der Waals surface area contributed by atoms with Crippen molar-refractivity contribution < 1.29 is 14.4 Å². The molecular weight excluding hydrogens is 418 g/mol. The fourth-order valence-electron chi connectivity index (χ4n) is 3.97. The Kier molecular flexibility index (Phi) is 6.64. The molecule has 2 aromatic carbocycles. The molecule has 0 fully saturated rings. The van der Waals surface area contributed by atoms with E-state index in [9.17, 15) is 14.4 Å². The van der Waals surface area contributed by atoms with Crippen LogP contribution >= 0.6 is 0 Å². The van der Waals surface area contributed by atoms with Gasteiger partial charge in [-0.05, 0) is 53.9 Å². The zero-order valence-corrected chi connectivity index (χ0v) is 18.2. The lowest BCUT2D eigenvalue weighted by Crippen LogP contribution is -2.41. The number of nitrogens with zero attached hydrogens (tertiary/aromatic N) is 2. The number of hydrogen-bond donors (Lipinski definition) is 3. The molecule has 1 aliphatic rings. The van der Waals surface area contributed by atoms with E-state index in [0.717, 1.165) is 24.2 Å². The Morgan fingerprint density at radius 2 is 1.67 bits per heavy atom. The van der Waals surface area contributed by atoms with Crippen LogP contribution in [0.2, 0.25) is 0 Å². The molecule has 0 bridgehead atoms. The smallest absolute Gasteiger partial charge is 0.313 e. The molecule has 3 N–H and O–H groups in total. The summed E-state index contributed by atoms with van der Waals surface area (Å²) in [5, 5.41) is 8.00. The number of amides is 3. The van der Waals surface area contributed by atoms with Gasteiger partial charge in [0.05, 0.1) is 6.04 Å². The second-order valence-corrected chi connectivity index (χ2v) is 7.80. The third kappa shape index (κ3) is 5.35. The zero-order valence-electron chi connectivity index (χ0n) is 18.2. The molecule has 4 rings (SSSR count). The molecule has 0 spiro atoms. The summed E-state index contributed by atoms with van der Waals surface area (Å²) in [6.07, 6.45) is 4.42. The highest BCUT2D eigenvalue weighted by molar-refractivity contribution is 6.39. The molecule has 2 heterocycles. The summed E-state index contributed by atoms with van der Waals surface area (Å²) in [5.41, 5.74) is 4.42. The van der Waals surface area contributed by atoms with Gasteiger partial charge in [0.1, 0.15) is 0 Å². The molecule has 3 amide bonds. The average Bonchev–Trinajstić information content (AvgIpc) is 3.25. The monoisotopic (exact) mass is 443 g/mol. The largest absolute Gasteiger partial charge is 0.362 e. The number of benzene rings is 2. The molecule has 0 unspecified atom stereocenters. The zero-order chi connectivity index (χ0) is 23.2. The van der Waals surface area contributed by atoms with Gasteiger partial charge in [-0.25, -0.2) is 0 Å². The predicted octanol–water partition coefficient (Wildman–Crippen LogP) is 2.90. The molecule has 1 atom stereocenters. The Morgan fingerprint density at radius 3 is 2.36 bits per heavy atom. The van der Waals surface area contributed by atoms with Crippen LogP contribution in [-0.4, -0.2) is 35.8 Å². The normalized spacial score (nSPS) is 13.1. The summed E-state index contributed by atoms with van der Waals surface area (Å²) in [6.45, 7) is 2.49. The second kappa shape index (κ2) is 9.95. The average molecular weight is 444 g/mol. The van der Waals surface area contributed by atoms with E-state index < -0.39 is 11.8 Å². The number of rotatable bonds is 6. The minimum absolute atomic E-state index is 0.156. The maximum Gasteiger partial charge on any atom is 0.313 e. The molecule has 0 radical (unpaired) electrons. The number of carbonyl (C=O) groups excluding carboxylic acids is 3. The Balaban J connectivity index is 1.42. The summed E-state index contributed by atoms with van der Waals surface area (Å²) in [4.78, 5) is 42.6. The van der Waals surface area contributed by atoms with Crippen LogP contribution in [0.3, 0.4) is 0 Å². The van der Waals surface area contributed by atoms with Crippen molar-refractivity contribution in [1.29, 1.82) is 0 Å². The van der Waals surface area contributed by atoms with Crippen molar-refractivity contribution >= 4 is 34.8 Å². The fraction of sp³-hybridized carbons (Fsp3) is 0.200. The standard InChI is InChI=1S/C25H25N5O3/c1-17(31)28-20-8-10-21(11-9-20)29-25(33)24(32)27-16-23(19-6-4-13-26-15-19)30-14-12-18-5-2-3-7-22(18)30/h2-11,13,15,23H,12,14,16H2,1H3,(H,27,32)(H,28,31)(H,29,33)/t23-/m0/s1. The molecular formula is C25H25N5O3. The highest BCUT2D eigenvalue weighted by Crippen LogP contribution is 2.34. The quantitative estimate of drug-likeness (QED) is 0.509. The third-order valence-corrected chi connectivity index (χ3v) is 5.49. The minimum Gasteiger partial charge on any atom is -0.362 e. The van der Waals surface area contributed by atoms with Crippen molar-refractivity contribution in [2.24, 2.45) is 0 Å². The first-order valence-electron chi connectivity index (χ1n) is 10.7. The van der Waals surface area contributed by atoms with Gasteiger partial charge < -0.3 is 20.9 Å². The van der Waals surface area contributed by atoms with Gasteiger partial charge in [0.25, 0.3) is 0 Å². The van der Waals surface area contributed by atoms with Gasteiger partial charge >= 0.3 is 11.8 Å². The summed E-state index contributed by atoms with van der Waals surface area (Å²) in [6, 6.07) is 18.4. The van der Waals surface area contributed by atoms with Crippen molar-refractivity contribution in [2.75, 3.05) is 28.6 Å². The highest BCUT2D eigenvalue weighted by atomic mass is 16.2. The number of fused-ring (bicyclic) bond motifs is 1. The van der Waals surface area contributed by atoms with Crippen LogP contribution in [0.15, 0.2) is 73.1 Å². The van der Waals surface area contributed by atoms with Crippen molar-refractivity contribution in [3.8, 4) is 0 Å². The van der Waals surface area contributed by atoms with E-state index in [1.165, 1.54) is 12.5 Å². The first kappa shape index (κ1) is 22.0. The van der Waals surface area contributed by atoms with Crippen LogP contribution in [-0.2, 0) is 20.8 Å². The first-order chi connectivity index (χ1) is 16.0. The number of para-hydroxylation sites is 1. The maximum absolute atomic E-state index is 12.5. The number of anilines is 3. The van der Waals surface area contributed by atoms with Crippen molar-refractivity contribution in [2.45, 2.75) is 19.4 Å². The van der Waals surface area contributed by atoms with Crippen molar-refractivity contribution in [3.05, 3.63) is 84.2 Å². The summed E-state index contributed by atoms with van der Waals surface area (Å²) >= 11 is 0. The van der Waals surface area contributed by atoms with Crippen LogP contribution in [0.1, 0.15) is 24.1 Å². The van der Waals surface area contributed by atoms with E-state index in [2.05, 4.69) is 38.0 Å². The van der Waals surface area contributed by atoms with E-state index >= 15 is 0 Å². The van der Waals surface area contributed by atoms with E-state index in [4.69, 9.17) is 0 Å². The molecule has 0 aliphatic carbocycles. The van der Waals surface area contributed by atoms with Gasteiger partial charge in [0.15, 0.2) is 0 Å². The Labute approximate surface area is 192 Å². The van der Waals surface area contributed by atoms with Crippen LogP contribution in [0.25, 0.3) is 0 Å². The number of hydrogen-bond acceptors (Lipinski definition) is 5. The molecule has 1 aliphatic heterocycles. The van der Waals surface area contributed by atoms with E-state index in [1.807, 2.05) is 24.3 Å². The highest BCUT2D eigenvalue weighted by Gasteiger charge is 2.28. The number of pyridine rings is 1. The fourth-order valence-corrected chi connectivity index (χ4v) is 3.97. The molecule has 1 aromatic heterocycles. The van der Waals surface area contributed by atoms with Gasteiger partial charge in [-0.15, -0.1) is 0 Å². The number of nitrogens with one attached hydrogen (secondary N) is 3. The molecule has 8 nitrogen and oxygen atoms in total. The van der Waals surface area contributed by atoms with Crippen LogP contribution in [0.5, 0.6) is 0 Å². The molecule has 3 aromatic rings. The lowest BCUT2D eigenvalue weighted by Gasteiger charge is -2.30. The minimum atomic E-state index is -0.756. The van der Waals surface area contributed by atoms with Gasteiger partial charge in [0, 0.05) is 49.5 Å². The van der Waals surface area contributed by atoms with Gasteiger partial charge in [-0.3, -0.25) is 19.4 Å². The summed E-state index contributed by atoms with van der Waals surface area (Å²) in [7, 11) is 0. The van der Waals surface area contributed by atoms with E-state index in [1.54, 1.807) is 36.7 Å². The van der Waals surface area contributed by atoms with Crippen molar-refractivity contribution in [3.63, 3.8) is 0 Å². The van der Waals surface area contributed by atoms with Crippen LogP contribution in [0.4, 0.5) is 17.1 Å². The van der Waals surface area contributed by atoms with Gasteiger partial charge in [-0.1, -0.05) is 24.3 Å². The topological polar surface area (TPSA) is 103 Å².